The molecule has 0 saturated carbocycles. The number of nitrogens with one attached hydrogen (secondary N) is 2. The molecule has 0 bridgehead atoms. The molecule has 178 valence electrons. The lowest BCUT2D eigenvalue weighted by Crippen LogP contribution is -2.53. The predicted octanol–water partition coefficient (Wildman–Crippen LogP) is 0.930. The van der Waals surface area contributed by atoms with Gasteiger partial charge in [0.2, 0.25) is 17.7 Å². The minimum atomic E-state index is -0.690. The Labute approximate surface area is 193 Å². The van der Waals surface area contributed by atoms with Gasteiger partial charge in [0.1, 0.15) is 17.8 Å². The van der Waals surface area contributed by atoms with E-state index in [1.165, 1.54) is 0 Å². The van der Waals surface area contributed by atoms with Gasteiger partial charge in [-0.25, -0.2) is 0 Å². The summed E-state index contributed by atoms with van der Waals surface area (Å²) < 4.78 is 5.12. The number of ether oxygens (including phenoxy) is 1. The highest BCUT2D eigenvalue weighted by Crippen LogP contribution is 2.31. The van der Waals surface area contributed by atoms with Crippen LogP contribution >= 0.6 is 0 Å². The molecule has 3 aliphatic heterocycles. The smallest absolute Gasteiger partial charge is 0.251 e. The molecule has 0 aromatic heterocycles. The van der Waals surface area contributed by atoms with Crippen molar-refractivity contribution in [2.75, 3.05) is 20.2 Å². The summed E-state index contributed by atoms with van der Waals surface area (Å²) in [6, 6.07) is 4.69. The van der Waals surface area contributed by atoms with E-state index in [-0.39, 0.29) is 47.7 Å². The number of likely N-dealkylation sites (tertiary alicyclic amines) is 1. The third-order valence-corrected chi connectivity index (χ3v) is 6.55. The molecule has 4 rings (SSSR count). The van der Waals surface area contributed by atoms with Crippen LogP contribution in [0.15, 0.2) is 24.3 Å². The number of fused-ring (bicyclic) bond motifs is 2. The van der Waals surface area contributed by atoms with Gasteiger partial charge in [0.25, 0.3) is 5.91 Å². The van der Waals surface area contributed by atoms with E-state index < -0.39 is 12.1 Å². The van der Waals surface area contributed by atoms with Crippen LogP contribution in [0.25, 0.3) is 0 Å². The van der Waals surface area contributed by atoms with Crippen molar-refractivity contribution in [3.05, 3.63) is 29.8 Å². The Morgan fingerprint density at radius 1 is 1.18 bits per heavy atom. The summed E-state index contributed by atoms with van der Waals surface area (Å²) in [7, 11) is 1.56. The maximum absolute atomic E-state index is 13.5. The van der Waals surface area contributed by atoms with Crippen LogP contribution in [0.2, 0.25) is 0 Å². The monoisotopic (exact) mass is 456 g/mol. The fourth-order valence-electron chi connectivity index (χ4n) is 4.98. The van der Waals surface area contributed by atoms with Gasteiger partial charge in [-0.2, -0.15) is 0 Å². The molecular weight excluding hydrogens is 424 g/mol. The van der Waals surface area contributed by atoms with Crippen LogP contribution in [0.5, 0.6) is 5.75 Å². The molecule has 2 N–H and O–H groups in total. The minimum Gasteiger partial charge on any atom is -0.497 e. The fourth-order valence-corrected chi connectivity index (χ4v) is 4.98. The highest BCUT2D eigenvalue weighted by atomic mass is 16.5. The van der Waals surface area contributed by atoms with Crippen molar-refractivity contribution in [3.63, 3.8) is 0 Å². The molecule has 9 nitrogen and oxygen atoms in total. The molecule has 1 aromatic carbocycles. The second-order valence-electron chi connectivity index (χ2n) is 10.3. The van der Waals surface area contributed by atoms with Gasteiger partial charge in [-0.3, -0.25) is 19.2 Å². The van der Waals surface area contributed by atoms with Crippen LogP contribution < -0.4 is 15.4 Å². The summed E-state index contributed by atoms with van der Waals surface area (Å²) in [5.74, 6) is -0.125. The van der Waals surface area contributed by atoms with Crippen molar-refractivity contribution < 1.29 is 23.9 Å². The number of hydrogen-bond acceptors (Lipinski definition) is 5. The van der Waals surface area contributed by atoms with Gasteiger partial charge < -0.3 is 25.2 Å². The van der Waals surface area contributed by atoms with Crippen molar-refractivity contribution in [2.45, 2.75) is 64.2 Å². The Hall–Kier alpha value is -3.10. The normalized spacial score (nSPS) is 26.9. The molecule has 0 aliphatic carbocycles. The molecule has 4 amide bonds. The first kappa shape index (κ1) is 23.1. The molecular formula is C24H32N4O5. The maximum Gasteiger partial charge on any atom is 0.251 e. The molecule has 1 aromatic rings. The van der Waals surface area contributed by atoms with Crippen LogP contribution in [0.1, 0.15) is 50.4 Å². The van der Waals surface area contributed by atoms with E-state index in [1.807, 2.05) is 20.8 Å². The van der Waals surface area contributed by atoms with Gasteiger partial charge in [-0.05, 0) is 42.5 Å². The molecule has 4 unspecified atom stereocenters. The molecule has 3 fully saturated rings. The molecule has 33 heavy (non-hydrogen) atoms. The number of benzene rings is 1. The lowest BCUT2D eigenvalue weighted by Gasteiger charge is -2.31. The van der Waals surface area contributed by atoms with Gasteiger partial charge in [-0.1, -0.05) is 20.8 Å². The van der Waals surface area contributed by atoms with E-state index in [2.05, 4.69) is 10.6 Å². The summed E-state index contributed by atoms with van der Waals surface area (Å²) in [6.45, 7) is 6.65. The van der Waals surface area contributed by atoms with E-state index in [4.69, 9.17) is 4.74 Å². The van der Waals surface area contributed by atoms with Crippen LogP contribution in [0.3, 0.4) is 0 Å². The maximum atomic E-state index is 13.5. The summed E-state index contributed by atoms with van der Waals surface area (Å²) in [5, 5.41) is 5.93. The third-order valence-electron chi connectivity index (χ3n) is 6.55. The van der Waals surface area contributed by atoms with E-state index in [9.17, 15) is 19.2 Å². The number of rotatable bonds is 4. The standard InChI is InChI=1S/C24H32N4O5/c1-24(2,3)12-19(29)27-10-9-17-20(27)23(32)28-13-15(11-18(28)22(31)26-17)25-21(30)14-5-7-16(33-4)8-6-14/h5-8,15,17-18,20H,9-13H2,1-4H3,(H,25,30)(H,26,31). The average molecular weight is 457 g/mol. The van der Waals surface area contributed by atoms with Crippen LogP contribution in [-0.2, 0) is 14.4 Å². The van der Waals surface area contributed by atoms with Crippen LogP contribution in [0, 0.1) is 5.41 Å². The van der Waals surface area contributed by atoms with E-state index in [0.29, 0.717) is 37.1 Å². The van der Waals surface area contributed by atoms with Crippen molar-refractivity contribution in [2.24, 2.45) is 5.41 Å². The first-order chi connectivity index (χ1) is 15.6. The SMILES string of the molecule is COc1ccc(C(=O)NC2CC3C(=O)NC4CCN(C(=O)CC(C)(C)C)C4C(=O)N3C2)cc1. The second kappa shape index (κ2) is 8.68. The second-order valence-corrected chi connectivity index (χ2v) is 10.3. The molecule has 0 radical (unpaired) electrons. The number of hydrogen-bond donors (Lipinski definition) is 2. The summed E-state index contributed by atoms with van der Waals surface area (Å²) >= 11 is 0. The molecule has 4 atom stereocenters. The van der Waals surface area contributed by atoms with Crippen LogP contribution in [-0.4, -0.2) is 77.8 Å². The highest BCUT2D eigenvalue weighted by Gasteiger charge is 2.52. The Bertz CT molecular complexity index is 955. The van der Waals surface area contributed by atoms with Gasteiger partial charge >= 0.3 is 0 Å². The molecule has 3 aliphatic rings. The Morgan fingerprint density at radius 3 is 2.52 bits per heavy atom. The first-order valence-electron chi connectivity index (χ1n) is 11.4. The summed E-state index contributed by atoms with van der Waals surface area (Å²) in [4.78, 5) is 55.2. The Morgan fingerprint density at radius 2 is 1.88 bits per heavy atom. The molecule has 0 spiro atoms. The lowest BCUT2D eigenvalue weighted by molar-refractivity contribution is -0.145. The molecule has 9 heteroatoms. The van der Waals surface area contributed by atoms with Crippen molar-refractivity contribution in [3.8, 4) is 5.75 Å². The van der Waals surface area contributed by atoms with Gasteiger partial charge in [0.15, 0.2) is 0 Å². The zero-order valence-electron chi connectivity index (χ0n) is 19.6. The zero-order chi connectivity index (χ0) is 23.9. The number of carbonyl (C=O) groups excluding carboxylic acids is 4. The largest absolute Gasteiger partial charge is 0.497 e. The molecule has 3 saturated heterocycles. The van der Waals surface area contributed by atoms with E-state index in [0.717, 1.165) is 0 Å². The zero-order valence-corrected chi connectivity index (χ0v) is 19.6. The number of methoxy groups -OCH3 is 1. The average Bonchev–Trinajstić information content (AvgIpc) is 3.34. The Balaban J connectivity index is 1.47. The number of amides is 4. The quantitative estimate of drug-likeness (QED) is 0.701. The van der Waals surface area contributed by atoms with E-state index >= 15 is 0 Å². The van der Waals surface area contributed by atoms with Gasteiger partial charge in [-0.15, -0.1) is 0 Å². The van der Waals surface area contributed by atoms with Crippen molar-refractivity contribution in [1.29, 1.82) is 0 Å². The minimum absolute atomic E-state index is 0.0698. The lowest BCUT2D eigenvalue weighted by atomic mass is 9.91. The first-order valence-corrected chi connectivity index (χ1v) is 11.4. The Kier molecular flexibility index (Phi) is 6.07. The number of carbonyl (C=O) groups is 4. The van der Waals surface area contributed by atoms with Crippen molar-refractivity contribution in [1.82, 2.24) is 20.4 Å². The fraction of sp³-hybridized carbons (Fsp3) is 0.583. The van der Waals surface area contributed by atoms with Gasteiger partial charge in [0, 0.05) is 31.1 Å². The predicted molar refractivity (Wildman–Crippen MR) is 120 cm³/mol. The highest BCUT2D eigenvalue weighted by molar-refractivity contribution is 5.97. The summed E-state index contributed by atoms with van der Waals surface area (Å²) in [5.41, 5.74) is 0.280. The van der Waals surface area contributed by atoms with Crippen LogP contribution in [0.4, 0.5) is 0 Å². The number of nitrogens with zero attached hydrogens (tertiary/aromatic N) is 2. The summed E-state index contributed by atoms with van der Waals surface area (Å²) in [6.07, 6.45) is 1.24. The van der Waals surface area contributed by atoms with Crippen molar-refractivity contribution >= 4 is 23.6 Å². The molecule has 3 heterocycles. The third kappa shape index (κ3) is 4.67. The van der Waals surface area contributed by atoms with E-state index in [1.54, 1.807) is 41.2 Å². The topological polar surface area (TPSA) is 108 Å². The van der Waals surface area contributed by atoms with Gasteiger partial charge in [0.05, 0.1) is 13.2 Å².